The van der Waals surface area contributed by atoms with Gasteiger partial charge in [0.25, 0.3) is 0 Å². The minimum absolute atomic E-state index is 0. The van der Waals surface area contributed by atoms with Crippen LogP contribution in [0, 0.1) is 0 Å². The monoisotopic (exact) mass is 544 g/mol. The van der Waals surface area contributed by atoms with Crippen LogP contribution in [0.1, 0.15) is 40.6 Å². The topological polar surface area (TPSA) is 125 Å². The molecule has 3 rings (SSSR count). The maximum atomic E-state index is 12.2. The van der Waals surface area contributed by atoms with Crippen molar-refractivity contribution in [2.75, 3.05) is 0 Å². The predicted molar refractivity (Wildman–Crippen MR) is 136 cm³/mol. The molecule has 0 fully saturated rings. The minimum atomic E-state index is -1.36. The van der Waals surface area contributed by atoms with Gasteiger partial charge in [-0.15, -0.1) is 11.8 Å². The molecule has 1 heterocycles. The summed E-state index contributed by atoms with van der Waals surface area (Å²) in [4.78, 5) is 34.8. The van der Waals surface area contributed by atoms with E-state index in [1.165, 1.54) is 23.9 Å². The quantitative estimate of drug-likeness (QED) is 0.273. The third-order valence-corrected chi connectivity index (χ3v) is 6.79. The van der Waals surface area contributed by atoms with Gasteiger partial charge in [-0.05, 0) is 48.7 Å². The standard InChI is InChI=1S/C22H18Cl2O7S.2Na.2H/c23-14-7-4-11(8-15(14)24)21(16(25)2-1-3-20(27)28)32-12-5-6-13-17(26)10-19(22(29)30)31-18(13)9-12;;;;/h4-10,16,21,25H,1-3H2,(H,27,28)(H,29,30);;;;. The first-order valence-electron chi connectivity index (χ1n) is 9.48. The average Bonchev–Trinajstić information content (AvgIpc) is 2.73. The van der Waals surface area contributed by atoms with E-state index in [0.717, 1.165) is 6.07 Å². The summed E-state index contributed by atoms with van der Waals surface area (Å²) in [6.07, 6.45) is -0.473. The maximum absolute atomic E-state index is 12.2. The summed E-state index contributed by atoms with van der Waals surface area (Å²) in [5.74, 6) is -2.78. The zero-order valence-electron chi connectivity index (χ0n) is 16.5. The molecule has 2 unspecified atom stereocenters. The van der Waals surface area contributed by atoms with Gasteiger partial charge >= 0.3 is 71.1 Å². The van der Waals surface area contributed by atoms with E-state index in [0.29, 0.717) is 20.5 Å². The third kappa shape index (κ3) is 8.27. The number of fused-ring (bicyclic) bond motifs is 1. The van der Waals surface area contributed by atoms with E-state index in [1.54, 1.807) is 24.3 Å². The number of aliphatic hydroxyl groups is 1. The van der Waals surface area contributed by atoms with E-state index in [1.807, 2.05) is 0 Å². The third-order valence-electron chi connectivity index (χ3n) is 4.69. The molecule has 1 aromatic heterocycles. The summed E-state index contributed by atoms with van der Waals surface area (Å²) < 4.78 is 5.34. The van der Waals surface area contributed by atoms with Crippen molar-refractivity contribution in [3.63, 3.8) is 0 Å². The molecular formula is C22H20Cl2Na2O7S. The Morgan fingerprint density at radius 3 is 2.32 bits per heavy atom. The normalized spacial score (nSPS) is 12.3. The van der Waals surface area contributed by atoms with Crippen molar-refractivity contribution >= 4 is 117 Å². The SMILES string of the molecule is O=C(O)CCCC(O)C(Sc1ccc2c(=O)cc(C(=O)O)oc2c1)c1ccc(Cl)c(Cl)c1.[NaH].[NaH]. The molecule has 2 aromatic carbocycles. The molecule has 2 atom stereocenters. The molecule has 0 spiro atoms. The number of hydrogen-bond donors (Lipinski definition) is 3. The molecule has 7 nitrogen and oxygen atoms in total. The molecule has 3 N–H and O–H groups in total. The predicted octanol–water partition coefficient (Wildman–Crippen LogP) is 3.95. The van der Waals surface area contributed by atoms with Gasteiger partial charge in [0, 0.05) is 17.4 Å². The van der Waals surface area contributed by atoms with E-state index < -0.39 is 34.5 Å². The number of aliphatic carboxylic acids is 1. The molecule has 0 radical (unpaired) electrons. The van der Waals surface area contributed by atoms with Crippen molar-refractivity contribution in [1.29, 1.82) is 0 Å². The Balaban J connectivity index is 0.00000289. The van der Waals surface area contributed by atoms with Crippen molar-refractivity contribution in [3.05, 3.63) is 74.1 Å². The summed E-state index contributed by atoms with van der Waals surface area (Å²) in [7, 11) is 0. The second-order valence-electron chi connectivity index (χ2n) is 7.00. The van der Waals surface area contributed by atoms with Crippen LogP contribution in [0.3, 0.4) is 0 Å². The van der Waals surface area contributed by atoms with Crippen molar-refractivity contribution in [2.24, 2.45) is 0 Å². The Morgan fingerprint density at radius 2 is 1.71 bits per heavy atom. The number of aromatic carboxylic acids is 1. The van der Waals surface area contributed by atoms with Gasteiger partial charge < -0.3 is 19.7 Å². The number of hydrogen-bond acceptors (Lipinski definition) is 6. The molecule has 0 aliphatic rings. The zero-order chi connectivity index (χ0) is 23.4. The molecule has 0 amide bonds. The van der Waals surface area contributed by atoms with Crippen LogP contribution >= 0.6 is 35.0 Å². The zero-order valence-corrected chi connectivity index (χ0v) is 18.8. The van der Waals surface area contributed by atoms with Crippen LogP contribution in [0.2, 0.25) is 10.0 Å². The molecular weight excluding hydrogens is 525 g/mol. The molecule has 0 aliphatic carbocycles. The van der Waals surface area contributed by atoms with E-state index >= 15 is 0 Å². The van der Waals surface area contributed by atoms with Gasteiger partial charge in [0.05, 0.1) is 26.8 Å². The molecule has 172 valence electrons. The number of carboxylic acids is 2. The van der Waals surface area contributed by atoms with Gasteiger partial charge in [-0.3, -0.25) is 9.59 Å². The van der Waals surface area contributed by atoms with Crippen molar-refractivity contribution in [1.82, 2.24) is 0 Å². The second kappa shape index (κ2) is 14.3. The first kappa shape index (κ1) is 31.5. The number of halogens is 2. The molecule has 34 heavy (non-hydrogen) atoms. The molecule has 0 bridgehead atoms. The number of carboxylic acid groups (broad SMARTS) is 2. The van der Waals surface area contributed by atoms with Gasteiger partial charge in [0.1, 0.15) is 5.58 Å². The van der Waals surface area contributed by atoms with Crippen LogP contribution in [0.5, 0.6) is 0 Å². The van der Waals surface area contributed by atoms with Crippen LogP contribution in [0.25, 0.3) is 11.0 Å². The number of rotatable bonds is 9. The first-order chi connectivity index (χ1) is 15.2. The Morgan fingerprint density at radius 1 is 1.00 bits per heavy atom. The fraction of sp³-hybridized carbons (Fsp3) is 0.227. The van der Waals surface area contributed by atoms with E-state index in [9.17, 15) is 19.5 Å². The van der Waals surface area contributed by atoms with Gasteiger partial charge in [0.2, 0.25) is 5.76 Å². The molecule has 12 heteroatoms. The Labute approximate surface area is 253 Å². The summed E-state index contributed by atoms with van der Waals surface area (Å²) in [5.41, 5.74) is 0.302. The fourth-order valence-electron chi connectivity index (χ4n) is 3.13. The fourth-order valence-corrected chi connectivity index (χ4v) is 4.63. The van der Waals surface area contributed by atoms with Gasteiger partial charge in [0.15, 0.2) is 5.43 Å². The second-order valence-corrected chi connectivity index (χ2v) is 9.03. The van der Waals surface area contributed by atoms with Crippen LogP contribution in [0.4, 0.5) is 0 Å². The molecule has 3 aromatic rings. The summed E-state index contributed by atoms with van der Waals surface area (Å²) in [6.45, 7) is 0. The number of thioether (sulfide) groups is 1. The van der Waals surface area contributed by atoms with Crippen molar-refractivity contribution < 1.29 is 29.3 Å². The molecule has 0 aliphatic heterocycles. The Hall–Kier alpha value is -0.520. The van der Waals surface area contributed by atoms with Crippen molar-refractivity contribution in [2.45, 2.75) is 35.5 Å². The Bertz CT molecular complexity index is 1240. The van der Waals surface area contributed by atoms with E-state index in [4.69, 9.17) is 37.8 Å². The van der Waals surface area contributed by atoms with Gasteiger partial charge in [-0.2, -0.15) is 0 Å². The summed E-state index contributed by atoms with van der Waals surface area (Å²) in [6, 6.07) is 10.6. The van der Waals surface area contributed by atoms with Crippen LogP contribution in [0.15, 0.2) is 56.6 Å². The Kier molecular flexibility index (Phi) is 13.2. The number of aliphatic hydroxyl groups excluding tert-OH is 1. The van der Waals surface area contributed by atoms with Crippen molar-refractivity contribution in [3.8, 4) is 0 Å². The number of carbonyl (C=O) groups is 2. The molecule has 0 saturated heterocycles. The number of benzene rings is 2. The molecule has 0 saturated carbocycles. The van der Waals surface area contributed by atoms with E-state index in [-0.39, 0.29) is 89.3 Å². The van der Waals surface area contributed by atoms with E-state index in [2.05, 4.69) is 0 Å². The van der Waals surface area contributed by atoms with Crippen LogP contribution in [-0.4, -0.2) is 92.5 Å². The van der Waals surface area contributed by atoms with Gasteiger partial charge in [-0.1, -0.05) is 29.3 Å². The van der Waals surface area contributed by atoms with Gasteiger partial charge in [-0.25, -0.2) is 4.79 Å². The van der Waals surface area contributed by atoms with Crippen LogP contribution in [-0.2, 0) is 4.79 Å². The summed E-state index contributed by atoms with van der Waals surface area (Å²) in [5, 5.41) is 29.2. The summed E-state index contributed by atoms with van der Waals surface area (Å²) >= 11 is 13.4. The van der Waals surface area contributed by atoms with Crippen LogP contribution < -0.4 is 5.43 Å². The first-order valence-corrected chi connectivity index (χ1v) is 11.1. The average molecular weight is 545 g/mol.